The van der Waals surface area contributed by atoms with E-state index in [0.29, 0.717) is 17.2 Å². The molecule has 0 saturated heterocycles. The average molecular weight is 232 g/mol. The maximum absolute atomic E-state index is 12.0. The largest absolute Gasteiger partial charge is 0.399 e. The monoisotopic (exact) mass is 232 g/mol. The predicted molar refractivity (Wildman–Crippen MR) is 69.7 cm³/mol. The van der Waals surface area contributed by atoms with E-state index in [-0.39, 0.29) is 11.9 Å². The minimum atomic E-state index is 0.00407. The SMILES string of the molecule is C[C@H](NC(=O)c1ccc(N)cc1)C1CCCC1. The Morgan fingerprint density at radius 2 is 1.88 bits per heavy atom. The molecule has 17 heavy (non-hydrogen) atoms. The number of hydrogen-bond donors (Lipinski definition) is 2. The van der Waals surface area contributed by atoms with Crippen molar-refractivity contribution in [3.63, 3.8) is 0 Å². The van der Waals surface area contributed by atoms with Crippen LogP contribution in [0, 0.1) is 5.92 Å². The number of nitrogens with one attached hydrogen (secondary N) is 1. The Morgan fingerprint density at radius 3 is 2.47 bits per heavy atom. The first-order valence-corrected chi connectivity index (χ1v) is 6.33. The first-order chi connectivity index (χ1) is 8.16. The van der Waals surface area contributed by atoms with Crippen LogP contribution in [0.1, 0.15) is 43.0 Å². The van der Waals surface area contributed by atoms with Gasteiger partial charge in [0.25, 0.3) is 5.91 Å². The third-order valence-corrected chi connectivity index (χ3v) is 3.64. The van der Waals surface area contributed by atoms with Gasteiger partial charge in [-0.2, -0.15) is 0 Å². The highest BCUT2D eigenvalue weighted by atomic mass is 16.1. The van der Waals surface area contributed by atoms with Crippen LogP contribution in [0.2, 0.25) is 0 Å². The van der Waals surface area contributed by atoms with Gasteiger partial charge in [0.2, 0.25) is 0 Å². The van der Waals surface area contributed by atoms with Crippen molar-refractivity contribution in [2.45, 2.75) is 38.6 Å². The number of benzene rings is 1. The summed E-state index contributed by atoms with van der Waals surface area (Å²) in [5.41, 5.74) is 6.97. The molecule has 3 heteroatoms. The molecule has 0 radical (unpaired) electrons. The van der Waals surface area contributed by atoms with Crippen molar-refractivity contribution in [2.24, 2.45) is 5.92 Å². The molecule has 1 atom stereocenters. The number of rotatable bonds is 3. The van der Waals surface area contributed by atoms with Crippen molar-refractivity contribution in [2.75, 3.05) is 5.73 Å². The fraction of sp³-hybridized carbons (Fsp3) is 0.500. The molecule has 1 saturated carbocycles. The van der Waals surface area contributed by atoms with Crippen molar-refractivity contribution >= 4 is 11.6 Å². The van der Waals surface area contributed by atoms with Gasteiger partial charge >= 0.3 is 0 Å². The van der Waals surface area contributed by atoms with Gasteiger partial charge < -0.3 is 11.1 Å². The quantitative estimate of drug-likeness (QED) is 0.787. The van der Waals surface area contributed by atoms with E-state index < -0.39 is 0 Å². The normalized spacial score (nSPS) is 17.9. The topological polar surface area (TPSA) is 55.1 Å². The van der Waals surface area contributed by atoms with Crippen LogP contribution >= 0.6 is 0 Å². The molecule has 1 amide bonds. The molecule has 1 aliphatic rings. The standard InChI is InChI=1S/C14H20N2O/c1-10(11-4-2-3-5-11)16-14(17)12-6-8-13(15)9-7-12/h6-11H,2-5,15H2,1H3,(H,16,17)/t10-/m0/s1. The summed E-state index contributed by atoms with van der Waals surface area (Å²) in [5.74, 6) is 0.650. The van der Waals surface area contributed by atoms with Crippen molar-refractivity contribution in [3.8, 4) is 0 Å². The third-order valence-electron chi connectivity index (χ3n) is 3.64. The highest BCUT2D eigenvalue weighted by Crippen LogP contribution is 2.27. The maximum atomic E-state index is 12.0. The minimum absolute atomic E-state index is 0.00407. The fourth-order valence-corrected chi connectivity index (χ4v) is 2.50. The summed E-state index contributed by atoms with van der Waals surface area (Å²) in [6.45, 7) is 2.10. The van der Waals surface area contributed by atoms with Crippen LogP contribution in [0.5, 0.6) is 0 Å². The highest BCUT2D eigenvalue weighted by molar-refractivity contribution is 5.94. The maximum Gasteiger partial charge on any atom is 0.251 e. The molecule has 0 bridgehead atoms. The molecule has 1 aromatic rings. The van der Waals surface area contributed by atoms with Crippen LogP contribution in [0.3, 0.4) is 0 Å². The summed E-state index contributed by atoms with van der Waals surface area (Å²) >= 11 is 0. The molecule has 1 fully saturated rings. The molecule has 92 valence electrons. The van der Waals surface area contributed by atoms with E-state index in [0.717, 1.165) is 0 Å². The van der Waals surface area contributed by atoms with E-state index in [9.17, 15) is 4.79 Å². The lowest BCUT2D eigenvalue weighted by atomic mass is 9.99. The highest BCUT2D eigenvalue weighted by Gasteiger charge is 2.22. The number of amides is 1. The predicted octanol–water partition coefficient (Wildman–Crippen LogP) is 2.58. The summed E-state index contributed by atoms with van der Waals surface area (Å²) in [5, 5.41) is 3.08. The molecule has 3 N–H and O–H groups in total. The lowest BCUT2D eigenvalue weighted by Crippen LogP contribution is -2.37. The van der Waals surface area contributed by atoms with Gasteiger partial charge in [-0.1, -0.05) is 12.8 Å². The Labute approximate surface area is 102 Å². The van der Waals surface area contributed by atoms with Crippen LogP contribution in [0.4, 0.5) is 5.69 Å². The zero-order valence-electron chi connectivity index (χ0n) is 10.3. The Morgan fingerprint density at radius 1 is 1.29 bits per heavy atom. The van der Waals surface area contributed by atoms with E-state index in [4.69, 9.17) is 5.73 Å². The molecule has 0 spiro atoms. The smallest absolute Gasteiger partial charge is 0.251 e. The van der Waals surface area contributed by atoms with Crippen LogP contribution < -0.4 is 11.1 Å². The summed E-state index contributed by atoms with van der Waals surface area (Å²) in [4.78, 5) is 12.0. The van der Waals surface area contributed by atoms with Crippen LogP contribution in [0.25, 0.3) is 0 Å². The van der Waals surface area contributed by atoms with Gasteiger partial charge in [-0.15, -0.1) is 0 Å². The van der Waals surface area contributed by atoms with Gasteiger partial charge in [-0.05, 0) is 49.9 Å². The average Bonchev–Trinajstić information content (AvgIpc) is 2.83. The molecule has 1 aromatic carbocycles. The van der Waals surface area contributed by atoms with E-state index in [2.05, 4.69) is 12.2 Å². The van der Waals surface area contributed by atoms with Gasteiger partial charge in [0.05, 0.1) is 0 Å². The second-order valence-electron chi connectivity index (χ2n) is 4.93. The summed E-state index contributed by atoms with van der Waals surface area (Å²) < 4.78 is 0. The van der Waals surface area contributed by atoms with E-state index in [1.165, 1.54) is 25.7 Å². The number of nitrogens with two attached hydrogens (primary N) is 1. The van der Waals surface area contributed by atoms with Gasteiger partial charge in [0, 0.05) is 17.3 Å². The fourth-order valence-electron chi connectivity index (χ4n) is 2.50. The molecular formula is C14H20N2O. The Kier molecular flexibility index (Phi) is 3.67. The molecule has 0 heterocycles. The van der Waals surface area contributed by atoms with Gasteiger partial charge in [0.15, 0.2) is 0 Å². The van der Waals surface area contributed by atoms with E-state index in [1.807, 2.05) is 0 Å². The van der Waals surface area contributed by atoms with Crippen molar-refractivity contribution in [1.29, 1.82) is 0 Å². The molecule has 2 rings (SSSR count). The molecule has 0 unspecified atom stereocenters. The molecular weight excluding hydrogens is 212 g/mol. The zero-order valence-corrected chi connectivity index (χ0v) is 10.3. The van der Waals surface area contributed by atoms with Crippen molar-refractivity contribution in [3.05, 3.63) is 29.8 Å². The summed E-state index contributed by atoms with van der Waals surface area (Å²) in [6, 6.07) is 7.32. The number of nitrogen functional groups attached to an aromatic ring is 1. The lowest BCUT2D eigenvalue weighted by molar-refractivity contribution is 0.0927. The van der Waals surface area contributed by atoms with Gasteiger partial charge in [-0.3, -0.25) is 4.79 Å². The number of carbonyl (C=O) groups is 1. The molecule has 3 nitrogen and oxygen atoms in total. The second-order valence-corrected chi connectivity index (χ2v) is 4.93. The van der Waals surface area contributed by atoms with Crippen molar-refractivity contribution in [1.82, 2.24) is 5.32 Å². The third kappa shape index (κ3) is 2.99. The molecule has 0 aliphatic heterocycles. The van der Waals surface area contributed by atoms with Gasteiger partial charge in [0.1, 0.15) is 0 Å². The van der Waals surface area contributed by atoms with Crippen LogP contribution in [0.15, 0.2) is 24.3 Å². The number of anilines is 1. The summed E-state index contributed by atoms with van der Waals surface area (Å²) in [7, 11) is 0. The second kappa shape index (κ2) is 5.21. The number of carbonyl (C=O) groups excluding carboxylic acids is 1. The van der Waals surface area contributed by atoms with Crippen molar-refractivity contribution < 1.29 is 4.79 Å². The minimum Gasteiger partial charge on any atom is -0.399 e. The Bertz CT molecular complexity index is 380. The van der Waals surface area contributed by atoms with Crippen LogP contribution in [-0.2, 0) is 0 Å². The first kappa shape index (κ1) is 12.0. The van der Waals surface area contributed by atoms with E-state index >= 15 is 0 Å². The lowest BCUT2D eigenvalue weighted by Gasteiger charge is -2.20. The zero-order chi connectivity index (χ0) is 12.3. The summed E-state index contributed by atoms with van der Waals surface area (Å²) in [6.07, 6.45) is 5.08. The van der Waals surface area contributed by atoms with Crippen LogP contribution in [-0.4, -0.2) is 11.9 Å². The van der Waals surface area contributed by atoms with Gasteiger partial charge in [-0.25, -0.2) is 0 Å². The first-order valence-electron chi connectivity index (χ1n) is 6.33. The Hall–Kier alpha value is -1.51. The molecule has 1 aliphatic carbocycles. The van der Waals surface area contributed by atoms with E-state index in [1.54, 1.807) is 24.3 Å². The molecule has 0 aromatic heterocycles. The Balaban J connectivity index is 1.94. The number of hydrogen-bond acceptors (Lipinski definition) is 2.